The minimum atomic E-state index is -3.83. The van der Waals surface area contributed by atoms with Gasteiger partial charge in [-0.2, -0.15) is 0 Å². The second kappa shape index (κ2) is 9.59. The Bertz CT molecular complexity index is 1020. The number of carbonyl (C=O) groups excluding carboxylic acids is 1. The number of aryl methyl sites for hydroxylation is 3. The predicted molar refractivity (Wildman–Crippen MR) is 117 cm³/mol. The van der Waals surface area contributed by atoms with Crippen LogP contribution in [0.4, 0.5) is 5.69 Å². The van der Waals surface area contributed by atoms with Gasteiger partial charge in [-0.05, 0) is 50.1 Å². The highest BCUT2D eigenvalue weighted by molar-refractivity contribution is 7.92. The average Bonchev–Trinajstić information content (AvgIpc) is 2.71. The molecule has 0 saturated carbocycles. The molecule has 0 bridgehead atoms. The van der Waals surface area contributed by atoms with E-state index in [1.54, 1.807) is 25.1 Å². The first kappa shape index (κ1) is 22.3. The van der Waals surface area contributed by atoms with Crippen LogP contribution in [0.1, 0.15) is 27.0 Å². The van der Waals surface area contributed by atoms with Gasteiger partial charge in [0.25, 0.3) is 15.9 Å². The van der Waals surface area contributed by atoms with E-state index in [0.29, 0.717) is 36.6 Å². The first-order valence-electron chi connectivity index (χ1n) is 10.1. The lowest BCUT2D eigenvalue weighted by molar-refractivity contribution is 0.0383. The molecule has 1 aliphatic rings. The van der Waals surface area contributed by atoms with E-state index in [2.05, 4.69) is 14.9 Å². The van der Waals surface area contributed by atoms with Gasteiger partial charge in [0.2, 0.25) is 0 Å². The van der Waals surface area contributed by atoms with E-state index < -0.39 is 10.0 Å². The minimum Gasteiger partial charge on any atom is -0.379 e. The molecule has 1 fully saturated rings. The van der Waals surface area contributed by atoms with Crippen molar-refractivity contribution in [2.75, 3.05) is 44.1 Å². The van der Waals surface area contributed by atoms with E-state index in [9.17, 15) is 13.2 Å². The summed E-state index contributed by atoms with van der Waals surface area (Å²) in [4.78, 5) is 14.9. The molecule has 30 heavy (non-hydrogen) atoms. The Morgan fingerprint density at radius 2 is 1.77 bits per heavy atom. The van der Waals surface area contributed by atoms with Crippen molar-refractivity contribution in [3.05, 3.63) is 58.7 Å². The quantitative estimate of drug-likeness (QED) is 0.703. The van der Waals surface area contributed by atoms with Crippen LogP contribution in [0, 0.1) is 20.8 Å². The number of hydrogen-bond acceptors (Lipinski definition) is 5. The van der Waals surface area contributed by atoms with Crippen LogP contribution in [-0.4, -0.2) is 58.6 Å². The lowest BCUT2D eigenvalue weighted by Crippen LogP contribution is -2.41. The number of sulfonamides is 1. The van der Waals surface area contributed by atoms with Gasteiger partial charge in [-0.3, -0.25) is 14.4 Å². The fourth-order valence-corrected chi connectivity index (χ4v) is 4.82. The smallest absolute Gasteiger partial charge is 0.262 e. The van der Waals surface area contributed by atoms with Crippen LogP contribution in [0.5, 0.6) is 0 Å². The number of nitrogens with one attached hydrogen (secondary N) is 2. The average molecular weight is 432 g/mol. The molecule has 1 heterocycles. The number of hydrogen-bond donors (Lipinski definition) is 2. The molecule has 1 amide bonds. The molecular weight excluding hydrogens is 402 g/mol. The van der Waals surface area contributed by atoms with Crippen LogP contribution in [0.15, 0.2) is 41.3 Å². The van der Waals surface area contributed by atoms with Gasteiger partial charge in [0.15, 0.2) is 0 Å². The van der Waals surface area contributed by atoms with Gasteiger partial charge in [0, 0.05) is 31.7 Å². The number of anilines is 1. The Morgan fingerprint density at radius 1 is 1.03 bits per heavy atom. The SMILES string of the molecule is Cc1ccc(NS(=O)(=O)c2cc(C(=O)NCCN3CCOCC3)ccc2C)c(C)c1. The van der Waals surface area contributed by atoms with Gasteiger partial charge in [-0.1, -0.05) is 23.8 Å². The summed E-state index contributed by atoms with van der Waals surface area (Å²) >= 11 is 0. The third kappa shape index (κ3) is 5.59. The van der Waals surface area contributed by atoms with Crippen LogP contribution in [0.25, 0.3) is 0 Å². The summed E-state index contributed by atoms with van der Waals surface area (Å²) in [5, 5.41) is 2.87. The Kier molecular flexibility index (Phi) is 7.12. The maximum atomic E-state index is 13.0. The normalized spacial score (nSPS) is 15.0. The molecule has 2 aromatic rings. The third-order valence-electron chi connectivity index (χ3n) is 5.18. The molecule has 0 unspecified atom stereocenters. The summed E-state index contributed by atoms with van der Waals surface area (Å²) < 4.78 is 33.9. The first-order valence-corrected chi connectivity index (χ1v) is 11.5. The van der Waals surface area contributed by atoms with Gasteiger partial charge < -0.3 is 10.1 Å². The zero-order valence-electron chi connectivity index (χ0n) is 17.7. The first-order chi connectivity index (χ1) is 14.3. The summed E-state index contributed by atoms with van der Waals surface area (Å²) in [6, 6.07) is 10.3. The van der Waals surface area contributed by atoms with E-state index in [4.69, 9.17) is 4.74 Å². The topological polar surface area (TPSA) is 87.7 Å². The Labute approximate surface area is 178 Å². The second-order valence-corrected chi connectivity index (χ2v) is 9.26. The molecule has 0 aliphatic carbocycles. The summed E-state index contributed by atoms with van der Waals surface area (Å²) in [7, 11) is -3.83. The Balaban J connectivity index is 1.70. The fraction of sp³-hybridized carbons (Fsp3) is 0.409. The molecule has 0 aromatic heterocycles. The molecule has 7 nitrogen and oxygen atoms in total. The van der Waals surface area contributed by atoms with Crippen molar-refractivity contribution in [2.45, 2.75) is 25.7 Å². The van der Waals surface area contributed by atoms with E-state index in [-0.39, 0.29) is 10.8 Å². The standard InChI is InChI=1S/C22H29N3O4S/c1-16-4-7-20(18(3)14-16)24-30(27,28)21-15-19(6-5-17(21)2)22(26)23-8-9-25-10-12-29-13-11-25/h4-7,14-15,24H,8-13H2,1-3H3,(H,23,26). The summed E-state index contributed by atoms with van der Waals surface area (Å²) in [5.74, 6) is -0.286. The highest BCUT2D eigenvalue weighted by Crippen LogP contribution is 2.23. The molecule has 3 rings (SSSR count). The maximum Gasteiger partial charge on any atom is 0.262 e. The highest BCUT2D eigenvalue weighted by atomic mass is 32.2. The molecule has 162 valence electrons. The molecule has 1 aliphatic heterocycles. The van der Waals surface area contributed by atoms with Crippen molar-refractivity contribution >= 4 is 21.6 Å². The highest BCUT2D eigenvalue weighted by Gasteiger charge is 2.20. The van der Waals surface area contributed by atoms with Crippen molar-refractivity contribution in [1.29, 1.82) is 0 Å². The molecular formula is C22H29N3O4S. The Hall–Kier alpha value is -2.42. The number of nitrogens with zero attached hydrogens (tertiary/aromatic N) is 1. The van der Waals surface area contributed by atoms with Gasteiger partial charge in [0.05, 0.1) is 23.8 Å². The Morgan fingerprint density at radius 3 is 2.47 bits per heavy atom. The van der Waals surface area contributed by atoms with Crippen LogP contribution in [0.3, 0.4) is 0 Å². The summed E-state index contributed by atoms with van der Waals surface area (Å²) in [6.45, 7) is 9.89. The number of rotatable bonds is 7. The third-order valence-corrected chi connectivity index (χ3v) is 6.69. The van der Waals surface area contributed by atoms with E-state index in [0.717, 1.165) is 30.8 Å². The van der Waals surface area contributed by atoms with Crippen molar-refractivity contribution in [3.63, 3.8) is 0 Å². The van der Waals surface area contributed by atoms with Crippen LogP contribution >= 0.6 is 0 Å². The number of ether oxygens (including phenoxy) is 1. The largest absolute Gasteiger partial charge is 0.379 e. The zero-order chi connectivity index (χ0) is 21.7. The predicted octanol–water partition coefficient (Wildman–Crippen LogP) is 2.47. The minimum absolute atomic E-state index is 0.100. The van der Waals surface area contributed by atoms with Crippen molar-refractivity contribution < 1.29 is 17.9 Å². The van der Waals surface area contributed by atoms with Crippen molar-refractivity contribution in [3.8, 4) is 0 Å². The molecule has 0 atom stereocenters. The molecule has 0 spiro atoms. The molecule has 0 radical (unpaired) electrons. The maximum absolute atomic E-state index is 13.0. The zero-order valence-corrected chi connectivity index (χ0v) is 18.5. The van der Waals surface area contributed by atoms with Gasteiger partial charge in [-0.15, -0.1) is 0 Å². The van der Waals surface area contributed by atoms with Gasteiger partial charge >= 0.3 is 0 Å². The van der Waals surface area contributed by atoms with Crippen molar-refractivity contribution in [1.82, 2.24) is 10.2 Å². The number of morpholine rings is 1. The van der Waals surface area contributed by atoms with Crippen LogP contribution in [0.2, 0.25) is 0 Å². The second-order valence-electron chi connectivity index (χ2n) is 7.61. The molecule has 2 N–H and O–H groups in total. The van der Waals surface area contributed by atoms with Crippen LogP contribution in [-0.2, 0) is 14.8 Å². The summed E-state index contributed by atoms with van der Waals surface area (Å²) in [5.41, 5.74) is 3.33. The number of amides is 1. The summed E-state index contributed by atoms with van der Waals surface area (Å²) in [6.07, 6.45) is 0. The van der Waals surface area contributed by atoms with E-state index >= 15 is 0 Å². The van der Waals surface area contributed by atoms with E-state index in [1.807, 2.05) is 26.0 Å². The lowest BCUT2D eigenvalue weighted by atomic mass is 10.1. The lowest BCUT2D eigenvalue weighted by Gasteiger charge is -2.26. The fourth-order valence-electron chi connectivity index (χ4n) is 3.41. The van der Waals surface area contributed by atoms with E-state index in [1.165, 1.54) is 6.07 Å². The molecule has 2 aromatic carbocycles. The van der Waals surface area contributed by atoms with Gasteiger partial charge in [0.1, 0.15) is 0 Å². The monoisotopic (exact) mass is 431 g/mol. The van der Waals surface area contributed by atoms with Crippen molar-refractivity contribution in [2.24, 2.45) is 0 Å². The molecule has 8 heteroatoms. The molecule has 1 saturated heterocycles. The van der Waals surface area contributed by atoms with Gasteiger partial charge in [-0.25, -0.2) is 8.42 Å². The number of carbonyl (C=O) groups is 1. The van der Waals surface area contributed by atoms with Crippen LogP contribution < -0.4 is 10.0 Å². The number of benzene rings is 2.